The fourth-order valence-electron chi connectivity index (χ4n) is 1.78. The van der Waals surface area contributed by atoms with E-state index in [1.54, 1.807) is 30.3 Å². The number of rotatable bonds is 5. The van der Waals surface area contributed by atoms with Gasteiger partial charge in [-0.3, -0.25) is 4.72 Å². The molecular formula is C14H13Br2NO4S. The number of benzene rings is 2. The second-order valence-electron chi connectivity index (χ2n) is 4.25. The largest absolute Gasteiger partial charge is 0.497 e. The molecule has 2 aromatic carbocycles. The van der Waals surface area contributed by atoms with Gasteiger partial charge in [0, 0.05) is 15.0 Å². The molecule has 0 bridgehead atoms. The minimum absolute atomic E-state index is 0.117. The maximum atomic E-state index is 12.6. The Morgan fingerprint density at radius 2 is 1.73 bits per heavy atom. The quantitative estimate of drug-likeness (QED) is 0.746. The third kappa shape index (κ3) is 3.74. The first kappa shape index (κ1) is 17.1. The zero-order chi connectivity index (χ0) is 16.3. The molecule has 0 aromatic heterocycles. The summed E-state index contributed by atoms with van der Waals surface area (Å²) < 4.78 is 39.1. The first-order valence-corrected chi connectivity index (χ1v) is 9.14. The molecule has 0 saturated carbocycles. The molecule has 0 heterocycles. The molecule has 0 unspecified atom stereocenters. The van der Waals surface area contributed by atoms with E-state index in [1.165, 1.54) is 20.3 Å². The molecule has 5 nitrogen and oxygen atoms in total. The number of ether oxygens (including phenoxy) is 2. The molecule has 0 fully saturated rings. The summed E-state index contributed by atoms with van der Waals surface area (Å²) in [6.45, 7) is 0. The van der Waals surface area contributed by atoms with Crippen molar-refractivity contribution in [1.82, 2.24) is 0 Å². The predicted molar refractivity (Wildman–Crippen MR) is 92.2 cm³/mol. The van der Waals surface area contributed by atoms with Gasteiger partial charge in [0.05, 0.1) is 19.9 Å². The minimum Gasteiger partial charge on any atom is -0.497 e. The fourth-order valence-corrected chi connectivity index (χ4v) is 4.34. The van der Waals surface area contributed by atoms with Gasteiger partial charge in [0.25, 0.3) is 10.0 Å². The topological polar surface area (TPSA) is 64.6 Å². The summed E-state index contributed by atoms with van der Waals surface area (Å²) in [5.41, 5.74) is 0.300. The van der Waals surface area contributed by atoms with Crippen LogP contribution < -0.4 is 14.2 Å². The Kier molecular flexibility index (Phi) is 5.36. The SMILES string of the molecule is COc1ccc(OC)c(NS(=O)(=O)c2cc(Br)ccc2Br)c1. The lowest BCUT2D eigenvalue weighted by Gasteiger charge is -2.14. The van der Waals surface area contributed by atoms with Gasteiger partial charge in [0.15, 0.2) is 0 Å². The van der Waals surface area contributed by atoms with Crippen molar-refractivity contribution in [2.75, 3.05) is 18.9 Å². The second kappa shape index (κ2) is 6.89. The van der Waals surface area contributed by atoms with E-state index in [9.17, 15) is 8.42 Å². The van der Waals surface area contributed by atoms with Crippen LogP contribution in [-0.2, 0) is 10.0 Å². The Morgan fingerprint density at radius 1 is 1.00 bits per heavy atom. The molecule has 8 heteroatoms. The molecule has 0 aliphatic carbocycles. The van der Waals surface area contributed by atoms with Gasteiger partial charge in [-0.2, -0.15) is 0 Å². The van der Waals surface area contributed by atoms with Crippen LogP contribution in [0.2, 0.25) is 0 Å². The van der Waals surface area contributed by atoms with Crippen LogP contribution >= 0.6 is 31.9 Å². The third-order valence-electron chi connectivity index (χ3n) is 2.83. The van der Waals surface area contributed by atoms with Crippen LogP contribution in [0.1, 0.15) is 0 Å². The van der Waals surface area contributed by atoms with Crippen molar-refractivity contribution in [1.29, 1.82) is 0 Å². The van der Waals surface area contributed by atoms with Crippen molar-refractivity contribution in [3.63, 3.8) is 0 Å². The number of halogens is 2. The normalized spacial score (nSPS) is 11.1. The molecule has 0 amide bonds. The highest BCUT2D eigenvalue weighted by Gasteiger charge is 2.20. The van der Waals surface area contributed by atoms with Crippen LogP contribution in [-0.4, -0.2) is 22.6 Å². The molecule has 0 aliphatic heterocycles. The smallest absolute Gasteiger partial charge is 0.263 e. The van der Waals surface area contributed by atoms with Gasteiger partial charge in [0.2, 0.25) is 0 Å². The van der Waals surface area contributed by atoms with Crippen LogP contribution in [0.3, 0.4) is 0 Å². The van der Waals surface area contributed by atoms with Crippen LogP contribution in [0.25, 0.3) is 0 Å². The molecule has 2 rings (SSSR count). The van der Waals surface area contributed by atoms with Crippen molar-refractivity contribution in [3.8, 4) is 11.5 Å². The molecule has 0 aliphatic rings. The van der Waals surface area contributed by atoms with Crippen LogP contribution in [0.15, 0.2) is 50.2 Å². The van der Waals surface area contributed by atoms with E-state index in [-0.39, 0.29) is 4.90 Å². The minimum atomic E-state index is -3.79. The monoisotopic (exact) mass is 449 g/mol. The molecule has 0 atom stereocenters. The van der Waals surface area contributed by atoms with Gasteiger partial charge in [-0.05, 0) is 46.3 Å². The van der Waals surface area contributed by atoms with Gasteiger partial charge in [0.1, 0.15) is 16.4 Å². The standard InChI is InChI=1S/C14H13Br2NO4S/c1-20-10-4-6-13(21-2)12(8-10)17-22(18,19)14-7-9(15)3-5-11(14)16/h3-8,17H,1-2H3. The van der Waals surface area contributed by atoms with E-state index in [0.717, 1.165) is 0 Å². The highest BCUT2D eigenvalue weighted by Crippen LogP contribution is 2.33. The third-order valence-corrected chi connectivity index (χ3v) is 5.69. The average Bonchev–Trinajstić information content (AvgIpc) is 2.49. The lowest BCUT2D eigenvalue weighted by molar-refractivity contribution is 0.405. The molecule has 118 valence electrons. The maximum Gasteiger partial charge on any atom is 0.263 e. The van der Waals surface area contributed by atoms with Crippen molar-refractivity contribution >= 4 is 47.6 Å². The van der Waals surface area contributed by atoms with E-state index in [1.807, 2.05) is 0 Å². The Hall–Kier alpha value is -1.25. The van der Waals surface area contributed by atoms with Crippen LogP contribution in [0.5, 0.6) is 11.5 Å². The van der Waals surface area contributed by atoms with E-state index in [4.69, 9.17) is 9.47 Å². The Balaban J connectivity index is 2.46. The lowest BCUT2D eigenvalue weighted by Crippen LogP contribution is -2.14. The summed E-state index contributed by atoms with van der Waals surface area (Å²) in [5, 5.41) is 0. The molecule has 22 heavy (non-hydrogen) atoms. The molecule has 0 radical (unpaired) electrons. The van der Waals surface area contributed by atoms with Crippen molar-refractivity contribution in [2.45, 2.75) is 4.90 Å². The first-order valence-electron chi connectivity index (χ1n) is 6.07. The fraction of sp³-hybridized carbons (Fsp3) is 0.143. The Bertz CT molecular complexity index is 793. The van der Waals surface area contributed by atoms with E-state index < -0.39 is 10.0 Å². The number of anilines is 1. The summed E-state index contributed by atoms with van der Waals surface area (Å²) in [5.74, 6) is 0.919. The van der Waals surface area contributed by atoms with E-state index in [2.05, 4.69) is 36.6 Å². The lowest BCUT2D eigenvalue weighted by atomic mass is 10.3. The number of sulfonamides is 1. The number of hydrogen-bond acceptors (Lipinski definition) is 4. The number of nitrogens with one attached hydrogen (secondary N) is 1. The summed E-state index contributed by atoms with van der Waals surface area (Å²) in [4.78, 5) is 0.117. The van der Waals surface area contributed by atoms with Crippen LogP contribution in [0, 0.1) is 0 Å². The van der Waals surface area contributed by atoms with E-state index >= 15 is 0 Å². The number of hydrogen-bond donors (Lipinski definition) is 1. The number of methoxy groups -OCH3 is 2. The molecule has 0 spiro atoms. The summed E-state index contributed by atoms with van der Waals surface area (Å²) in [6.07, 6.45) is 0. The van der Waals surface area contributed by atoms with Crippen molar-refractivity contribution < 1.29 is 17.9 Å². The summed E-state index contributed by atoms with van der Waals surface area (Å²) in [7, 11) is -0.815. The molecule has 1 N–H and O–H groups in total. The van der Waals surface area contributed by atoms with Gasteiger partial charge < -0.3 is 9.47 Å². The van der Waals surface area contributed by atoms with E-state index in [0.29, 0.717) is 26.1 Å². The molecule has 0 saturated heterocycles. The summed E-state index contributed by atoms with van der Waals surface area (Å²) >= 11 is 6.51. The van der Waals surface area contributed by atoms with Crippen molar-refractivity contribution in [3.05, 3.63) is 45.3 Å². The molecular weight excluding hydrogens is 438 g/mol. The zero-order valence-corrected chi connectivity index (χ0v) is 15.7. The average molecular weight is 451 g/mol. The zero-order valence-electron chi connectivity index (χ0n) is 11.8. The van der Waals surface area contributed by atoms with Crippen LogP contribution in [0.4, 0.5) is 5.69 Å². The summed E-state index contributed by atoms with van der Waals surface area (Å²) in [6, 6.07) is 9.79. The maximum absolute atomic E-state index is 12.6. The Morgan fingerprint density at radius 3 is 2.36 bits per heavy atom. The Labute approximate surface area is 145 Å². The predicted octanol–water partition coefficient (Wildman–Crippen LogP) is 4.03. The molecule has 2 aromatic rings. The highest BCUT2D eigenvalue weighted by atomic mass is 79.9. The van der Waals surface area contributed by atoms with Crippen molar-refractivity contribution in [2.24, 2.45) is 0 Å². The second-order valence-corrected chi connectivity index (χ2v) is 7.67. The van der Waals surface area contributed by atoms with Gasteiger partial charge in [-0.15, -0.1) is 0 Å². The van der Waals surface area contributed by atoms with Gasteiger partial charge in [-0.25, -0.2) is 8.42 Å². The highest BCUT2D eigenvalue weighted by molar-refractivity contribution is 9.11. The van der Waals surface area contributed by atoms with Gasteiger partial charge >= 0.3 is 0 Å². The first-order chi connectivity index (χ1) is 10.4. The van der Waals surface area contributed by atoms with Gasteiger partial charge in [-0.1, -0.05) is 15.9 Å².